The van der Waals surface area contributed by atoms with Gasteiger partial charge in [0.15, 0.2) is 5.43 Å². The third-order valence-electron chi connectivity index (χ3n) is 6.02. The summed E-state index contributed by atoms with van der Waals surface area (Å²) in [4.78, 5) is 30.8. The number of benzene rings is 2. The minimum atomic E-state index is -0.496. The molecule has 0 N–H and O–H groups in total. The Hall–Kier alpha value is -3.12. The molecule has 1 atom stereocenters. The molecule has 0 radical (unpaired) electrons. The summed E-state index contributed by atoms with van der Waals surface area (Å²) >= 11 is 0. The molecule has 4 rings (SSSR count). The molecule has 6 heteroatoms. The van der Waals surface area contributed by atoms with Crippen molar-refractivity contribution in [2.24, 2.45) is 5.92 Å². The van der Waals surface area contributed by atoms with Crippen LogP contribution in [0.2, 0.25) is 0 Å². The van der Waals surface area contributed by atoms with Crippen molar-refractivity contribution in [3.05, 3.63) is 75.6 Å². The van der Waals surface area contributed by atoms with Crippen LogP contribution in [-0.4, -0.2) is 49.5 Å². The summed E-state index contributed by atoms with van der Waals surface area (Å²) in [5, 5.41) is 0.494. The maximum atomic E-state index is 13.5. The lowest BCUT2D eigenvalue weighted by Gasteiger charge is -2.26. The van der Waals surface area contributed by atoms with Crippen LogP contribution in [0.4, 0.5) is 0 Å². The predicted molar refractivity (Wildman–Crippen MR) is 130 cm³/mol. The molecule has 2 heterocycles. The highest BCUT2D eigenvalue weighted by Gasteiger charge is 2.42. The number of hydrogen-bond acceptors (Lipinski definition) is 5. The summed E-state index contributed by atoms with van der Waals surface area (Å²) in [5.74, 6) is 1.22. The van der Waals surface area contributed by atoms with Gasteiger partial charge in [-0.3, -0.25) is 9.59 Å². The highest BCUT2D eigenvalue weighted by molar-refractivity contribution is 5.99. The van der Waals surface area contributed by atoms with Gasteiger partial charge in [-0.1, -0.05) is 38.1 Å². The van der Waals surface area contributed by atoms with Crippen molar-refractivity contribution < 1.29 is 13.9 Å². The molecule has 1 aliphatic heterocycles. The van der Waals surface area contributed by atoms with Crippen molar-refractivity contribution in [2.75, 3.05) is 33.8 Å². The molecule has 0 saturated carbocycles. The first-order valence-corrected chi connectivity index (χ1v) is 11.6. The van der Waals surface area contributed by atoms with E-state index in [1.165, 1.54) is 0 Å². The summed E-state index contributed by atoms with van der Waals surface area (Å²) in [5.41, 5.74) is 1.57. The molecular weight excluding hydrogens is 416 g/mol. The fourth-order valence-electron chi connectivity index (χ4n) is 4.29. The van der Waals surface area contributed by atoms with Gasteiger partial charge in [-0.15, -0.1) is 0 Å². The second kappa shape index (κ2) is 9.79. The number of amides is 1. The third kappa shape index (κ3) is 4.81. The molecule has 1 aliphatic rings. The van der Waals surface area contributed by atoms with Crippen LogP contribution in [0.1, 0.15) is 54.4 Å². The molecule has 0 fully saturated rings. The zero-order chi connectivity index (χ0) is 23.5. The minimum Gasteiger partial charge on any atom is -0.494 e. The number of carbonyl (C=O) groups is 1. The molecule has 33 heavy (non-hydrogen) atoms. The minimum absolute atomic E-state index is 0.147. The molecule has 1 amide bonds. The van der Waals surface area contributed by atoms with E-state index in [1.54, 1.807) is 23.1 Å². The number of nitrogens with zero attached hydrogens (tertiary/aromatic N) is 2. The Morgan fingerprint density at radius 2 is 1.88 bits per heavy atom. The second-order valence-electron chi connectivity index (χ2n) is 9.33. The normalized spacial score (nSPS) is 15.6. The van der Waals surface area contributed by atoms with E-state index in [-0.39, 0.29) is 17.1 Å². The lowest BCUT2D eigenvalue weighted by atomic mass is 9.98. The van der Waals surface area contributed by atoms with E-state index in [4.69, 9.17) is 9.15 Å². The van der Waals surface area contributed by atoms with E-state index < -0.39 is 6.04 Å². The third-order valence-corrected chi connectivity index (χ3v) is 6.02. The first kappa shape index (κ1) is 23.1. The van der Waals surface area contributed by atoms with E-state index in [9.17, 15) is 9.59 Å². The summed E-state index contributed by atoms with van der Waals surface area (Å²) < 4.78 is 12.0. The molecule has 2 aromatic carbocycles. The zero-order valence-electron chi connectivity index (χ0n) is 19.8. The van der Waals surface area contributed by atoms with Crippen LogP contribution in [0, 0.1) is 5.92 Å². The monoisotopic (exact) mass is 448 g/mol. The van der Waals surface area contributed by atoms with Gasteiger partial charge in [-0.05, 0) is 69.2 Å². The largest absolute Gasteiger partial charge is 0.494 e. The van der Waals surface area contributed by atoms with Gasteiger partial charge in [-0.25, -0.2) is 0 Å². The van der Waals surface area contributed by atoms with Crippen LogP contribution in [-0.2, 0) is 0 Å². The van der Waals surface area contributed by atoms with E-state index >= 15 is 0 Å². The topological polar surface area (TPSA) is 63.0 Å². The van der Waals surface area contributed by atoms with Gasteiger partial charge in [-0.2, -0.15) is 0 Å². The smallest absolute Gasteiger partial charge is 0.290 e. The van der Waals surface area contributed by atoms with Gasteiger partial charge in [0.1, 0.15) is 11.3 Å². The first-order valence-electron chi connectivity index (χ1n) is 11.6. The lowest BCUT2D eigenvalue weighted by Crippen LogP contribution is -2.32. The standard InChI is InChI=1S/C27H32N2O4/c1-18(2)13-16-32-20-10-7-9-19(17-20)24-23-25(30)21-11-5-6-12-22(21)33-26(23)27(31)29(24)15-8-14-28(3)4/h5-7,9-12,17-18,24H,8,13-16H2,1-4H3/t24-/m1/s1. The molecule has 174 valence electrons. The summed E-state index contributed by atoms with van der Waals surface area (Å²) in [7, 11) is 4.02. The molecule has 0 bridgehead atoms. The van der Waals surface area contributed by atoms with E-state index in [0.29, 0.717) is 35.6 Å². The van der Waals surface area contributed by atoms with Crippen molar-refractivity contribution >= 4 is 16.9 Å². The molecule has 0 saturated heterocycles. The van der Waals surface area contributed by atoms with Gasteiger partial charge in [0.05, 0.1) is 23.6 Å². The number of rotatable bonds is 9. The SMILES string of the molecule is CC(C)CCOc1cccc([C@@H]2c3c(oc4ccccc4c3=O)C(=O)N2CCCN(C)C)c1. The molecule has 0 aliphatic carbocycles. The van der Waals surface area contributed by atoms with Crippen molar-refractivity contribution in [3.63, 3.8) is 0 Å². The zero-order valence-corrected chi connectivity index (χ0v) is 19.8. The Balaban J connectivity index is 1.76. The van der Waals surface area contributed by atoms with Crippen LogP contribution in [0.5, 0.6) is 5.75 Å². The van der Waals surface area contributed by atoms with E-state index in [2.05, 4.69) is 18.7 Å². The number of carbonyl (C=O) groups excluding carboxylic acids is 1. The molecule has 1 aromatic heterocycles. The van der Waals surface area contributed by atoms with Gasteiger partial charge in [0.25, 0.3) is 5.91 Å². The Bertz CT molecular complexity index is 1200. The summed E-state index contributed by atoms with van der Waals surface area (Å²) in [6.45, 7) is 6.32. The van der Waals surface area contributed by atoms with Crippen molar-refractivity contribution in [1.82, 2.24) is 9.80 Å². The Morgan fingerprint density at radius 1 is 1.09 bits per heavy atom. The predicted octanol–water partition coefficient (Wildman–Crippen LogP) is 4.71. The molecule has 0 spiro atoms. The quantitative estimate of drug-likeness (QED) is 0.474. The maximum absolute atomic E-state index is 13.5. The number of ether oxygens (including phenoxy) is 1. The van der Waals surface area contributed by atoms with Crippen LogP contribution < -0.4 is 10.2 Å². The van der Waals surface area contributed by atoms with Crippen LogP contribution >= 0.6 is 0 Å². The Kier molecular flexibility index (Phi) is 6.84. The number of para-hydroxylation sites is 1. The van der Waals surface area contributed by atoms with Crippen LogP contribution in [0.15, 0.2) is 57.7 Å². The number of hydrogen-bond donors (Lipinski definition) is 0. The second-order valence-corrected chi connectivity index (χ2v) is 9.33. The molecule has 3 aromatic rings. The van der Waals surface area contributed by atoms with E-state index in [1.807, 2.05) is 44.4 Å². The first-order chi connectivity index (χ1) is 15.9. The van der Waals surface area contributed by atoms with Gasteiger partial charge in [0.2, 0.25) is 5.76 Å². The Morgan fingerprint density at radius 3 is 2.64 bits per heavy atom. The highest BCUT2D eigenvalue weighted by atomic mass is 16.5. The van der Waals surface area contributed by atoms with Crippen molar-refractivity contribution in [3.8, 4) is 5.75 Å². The van der Waals surface area contributed by atoms with E-state index in [0.717, 1.165) is 30.7 Å². The average molecular weight is 449 g/mol. The summed E-state index contributed by atoms with van der Waals surface area (Å²) in [6, 6.07) is 14.3. The van der Waals surface area contributed by atoms with Crippen molar-refractivity contribution in [1.29, 1.82) is 0 Å². The highest BCUT2D eigenvalue weighted by Crippen LogP contribution is 2.39. The van der Waals surface area contributed by atoms with Crippen molar-refractivity contribution in [2.45, 2.75) is 32.7 Å². The summed E-state index contributed by atoms with van der Waals surface area (Å²) in [6.07, 6.45) is 1.75. The fourth-order valence-corrected chi connectivity index (χ4v) is 4.29. The average Bonchev–Trinajstić information content (AvgIpc) is 3.06. The fraction of sp³-hybridized carbons (Fsp3) is 0.407. The van der Waals surface area contributed by atoms with Gasteiger partial charge in [0, 0.05) is 6.54 Å². The van der Waals surface area contributed by atoms with Gasteiger partial charge < -0.3 is 19.0 Å². The van der Waals surface area contributed by atoms with Gasteiger partial charge >= 0.3 is 0 Å². The molecular formula is C27H32N2O4. The Labute approximate surface area is 194 Å². The van der Waals surface area contributed by atoms with Crippen LogP contribution in [0.25, 0.3) is 11.0 Å². The number of fused-ring (bicyclic) bond motifs is 2. The molecule has 0 unspecified atom stereocenters. The maximum Gasteiger partial charge on any atom is 0.290 e. The lowest BCUT2D eigenvalue weighted by molar-refractivity contribution is 0.0722. The molecule has 6 nitrogen and oxygen atoms in total. The van der Waals surface area contributed by atoms with Crippen LogP contribution in [0.3, 0.4) is 0 Å².